The van der Waals surface area contributed by atoms with Crippen molar-refractivity contribution in [1.82, 2.24) is 9.80 Å². The number of hydrogen-bond donors (Lipinski definition) is 0. The van der Waals surface area contributed by atoms with Crippen LogP contribution >= 0.6 is 0 Å². The maximum Gasteiger partial charge on any atom is 0.253 e. The first-order valence-electron chi connectivity index (χ1n) is 8.81. The van der Waals surface area contributed by atoms with Gasteiger partial charge in [0.15, 0.2) is 5.78 Å². The van der Waals surface area contributed by atoms with Gasteiger partial charge in [-0.1, -0.05) is 17.7 Å². The van der Waals surface area contributed by atoms with Gasteiger partial charge in [-0.3, -0.25) is 14.5 Å². The molecule has 2 aromatic rings. The summed E-state index contributed by atoms with van der Waals surface area (Å²) in [7, 11) is 0. The summed E-state index contributed by atoms with van der Waals surface area (Å²) in [6.07, 6.45) is 0. The molecule has 0 spiro atoms. The Balaban J connectivity index is 1.54. The molecule has 1 fully saturated rings. The van der Waals surface area contributed by atoms with E-state index in [2.05, 4.69) is 0 Å². The molecule has 0 saturated carbocycles. The third-order valence-corrected chi connectivity index (χ3v) is 4.81. The van der Waals surface area contributed by atoms with Crippen LogP contribution in [0.4, 0.5) is 4.39 Å². The number of carbonyl (C=O) groups is 2. The van der Waals surface area contributed by atoms with Gasteiger partial charge in [-0.25, -0.2) is 4.39 Å². The van der Waals surface area contributed by atoms with Crippen LogP contribution in [0.15, 0.2) is 42.5 Å². The highest BCUT2D eigenvalue weighted by Gasteiger charge is 2.23. The van der Waals surface area contributed by atoms with Crippen molar-refractivity contribution in [2.45, 2.75) is 13.8 Å². The van der Waals surface area contributed by atoms with Gasteiger partial charge in [0.25, 0.3) is 5.91 Å². The zero-order valence-electron chi connectivity index (χ0n) is 15.2. The lowest BCUT2D eigenvalue weighted by Crippen LogP contribution is -2.49. The molecule has 0 aliphatic carbocycles. The van der Waals surface area contributed by atoms with E-state index in [1.54, 1.807) is 13.0 Å². The van der Waals surface area contributed by atoms with Gasteiger partial charge >= 0.3 is 0 Å². The van der Waals surface area contributed by atoms with Crippen LogP contribution in [0, 0.1) is 19.7 Å². The number of ketones is 1. The first-order valence-corrected chi connectivity index (χ1v) is 8.81. The molecule has 5 heteroatoms. The van der Waals surface area contributed by atoms with Crippen molar-refractivity contribution in [3.8, 4) is 0 Å². The predicted octanol–water partition coefficient (Wildman–Crippen LogP) is 3.08. The summed E-state index contributed by atoms with van der Waals surface area (Å²) in [6.45, 7) is 6.45. The fourth-order valence-corrected chi connectivity index (χ4v) is 3.10. The van der Waals surface area contributed by atoms with E-state index < -0.39 is 0 Å². The number of amides is 1. The Morgan fingerprint density at radius 1 is 0.923 bits per heavy atom. The van der Waals surface area contributed by atoms with Crippen LogP contribution in [0.5, 0.6) is 0 Å². The molecule has 0 aromatic heterocycles. The Morgan fingerprint density at radius 3 is 2.15 bits per heavy atom. The minimum absolute atomic E-state index is 0.0218. The second-order valence-corrected chi connectivity index (χ2v) is 6.82. The van der Waals surface area contributed by atoms with E-state index in [1.807, 2.05) is 41.0 Å². The fraction of sp³-hybridized carbons (Fsp3) is 0.333. The molecule has 1 heterocycles. The molecule has 4 nitrogen and oxygen atoms in total. The molecule has 0 atom stereocenters. The number of Topliss-reactive ketones (excluding diaryl/α,β-unsaturated/α-hetero) is 1. The first kappa shape index (κ1) is 18.3. The molecule has 0 radical (unpaired) electrons. The van der Waals surface area contributed by atoms with Crippen LogP contribution in [0.1, 0.15) is 31.8 Å². The molecule has 0 N–H and O–H groups in total. The Hall–Kier alpha value is -2.53. The van der Waals surface area contributed by atoms with E-state index in [9.17, 15) is 14.0 Å². The molecule has 136 valence electrons. The topological polar surface area (TPSA) is 40.6 Å². The molecule has 2 aromatic carbocycles. The monoisotopic (exact) mass is 354 g/mol. The summed E-state index contributed by atoms with van der Waals surface area (Å²) in [6, 6.07) is 12.0. The summed E-state index contributed by atoms with van der Waals surface area (Å²) in [4.78, 5) is 28.8. The Bertz CT molecular complexity index is 809. The number of hydrogen-bond acceptors (Lipinski definition) is 3. The average molecular weight is 354 g/mol. The second kappa shape index (κ2) is 7.79. The van der Waals surface area contributed by atoms with E-state index in [1.165, 1.54) is 12.1 Å². The van der Waals surface area contributed by atoms with Crippen LogP contribution in [0.3, 0.4) is 0 Å². The first-order chi connectivity index (χ1) is 12.4. The fourth-order valence-electron chi connectivity index (χ4n) is 3.10. The zero-order valence-corrected chi connectivity index (χ0v) is 15.2. The second-order valence-electron chi connectivity index (χ2n) is 6.82. The molecule has 1 aliphatic heterocycles. The largest absolute Gasteiger partial charge is 0.336 e. The van der Waals surface area contributed by atoms with Crippen molar-refractivity contribution in [3.05, 3.63) is 70.5 Å². The Labute approximate surface area is 153 Å². The quantitative estimate of drug-likeness (QED) is 0.793. The van der Waals surface area contributed by atoms with Gasteiger partial charge in [0.05, 0.1) is 6.54 Å². The molecule has 26 heavy (non-hydrogen) atoms. The highest BCUT2D eigenvalue weighted by molar-refractivity contribution is 5.98. The van der Waals surface area contributed by atoms with Crippen molar-refractivity contribution in [2.75, 3.05) is 32.7 Å². The van der Waals surface area contributed by atoms with E-state index in [-0.39, 0.29) is 24.1 Å². The third kappa shape index (κ3) is 4.17. The molecular weight excluding hydrogens is 331 g/mol. The summed E-state index contributed by atoms with van der Waals surface area (Å²) < 4.78 is 13.3. The van der Waals surface area contributed by atoms with Crippen LogP contribution in [-0.2, 0) is 0 Å². The number of nitrogens with zero attached hydrogens (tertiary/aromatic N) is 2. The Morgan fingerprint density at radius 2 is 1.54 bits per heavy atom. The van der Waals surface area contributed by atoms with Gasteiger partial charge in [0, 0.05) is 37.3 Å². The molecule has 0 unspecified atom stereocenters. The smallest absolute Gasteiger partial charge is 0.253 e. The number of benzene rings is 2. The van der Waals surface area contributed by atoms with E-state index in [4.69, 9.17) is 0 Å². The lowest BCUT2D eigenvalue weighted by molar-refractivity contribution is 0.0624. The molecule has 1 aliphatic rings. The van der Waals surface area contributed by atoms with Crippen LogP contribution in [0.2, 0.25) is 0 Å². The lowest BCUT2D eigenvalue weighted by Gasteiger charge is -2.34. The van der Waals surface area contributed by atoms with Gasteiger partial charge in [0.1, 0.15) is 5.82 Å². The van der Waals surface area contributed by atoms with Crippen molar-refractivity contribution in [2.24, 2.45) is 0 Å². The summed E-state index contributed by atoms with van der Waals surface area (Å²) in [5.74, 6) is -0.290. The van der Waals surface area contributed by atoms with Crippen LogP contribution in [0.25, 0.3) is 0 Å². The van der Waals surface area contributed by atoms with Gasteiger partial charge in [-0.2, -0.15) is 0 Å². The number of halogens is 1. The van der Waals surface area contributed by atoms with Crippen molar-refractivity contribution >= 4 is 11.7 Å². The molecule has 1 saturated heterocycles. The van der Waals surface area contributed by atoms with Gasteiger partial charge in [0.2, 0.25) is 0 Å². The lowest BCUT2D eigenvalue weighted by atomic mass is 10.1. The van der Waals surface area contributed by atoms with E-state index >= 15 is 0 Å². The number of piperazine rings is 1. The molecule has 0 bridgehead atoms. The summed E-state index contributed by atoms with van der Waals surface area (Å²) >= 11 is 0. The Kier molecular flexibility index (Phi) is 5.47. The van der Waals surface area contributed by atoms with E-state index in [0.717, 1.165) is 5.56 Å². The maximum absolute atomic E-state index is 13.3. The van der Waals surface area contributed by atoms with Gasteiger partial charge in [-0.15, -0.1) is 0 Å². The highest BCUT2D eigenvalue weighted by atomic mass is 19.1. The number of carbonyl (C=O) groups excluding carboxylic acids is 2. The number of aryl methyl sites for hydroxylation is 2. The van der Waals surface area contributed by atoms with Crippen molar-refractivity contribution in [1.29, 1.82) is 0 Å². The van der Waals surface area contributed by atoms with Crippen LogP contribution < -0.4 is 0 Å². The summed E-state index contributed by atoms with van der Waals surface area (Å²) in [5.41, 5.74) is 2.83. The van der Waals surface area contributed by atoms with Crippen LogP contribution in [-0.4, -0.2) is 54.2 Å². The van der Waals surface area contributed by atoms with E-state index in [0.29, 0.717) is 42.9 Å². The minimum Gasteiger partial charge on any atom is -0.336 e. The zero-order chi connectivity index (χ0) is 18.7. The molecule has 1 amide bonds. The van der Waals surface area contributed by atoms with Crippen molar-refractivity contribution in [3.63, 3.8) is 0 Å². The van der Waals surface area contributed by atoms with Crippen molar-refractivity contribution < 1.29 is 14.0 Å². The van der Waals surface area contributed by atoms with Gasteiger partial charge < -0.3 is 4.90 Å². The number of rotatable bonds is 4. The maximum atomic E-state index is 13.3. The predicted molar refractivity (Wildman–Crippen MR) is 99.0 cm³/mol. The summed E-state index contributed by atoms with van der Waals surface area (Å²) in [5, 5.41) is 0. The SMILES string of the molecule is Cc1ccc(C(=O)N2CCN(CC(=O)c3ccc(F)c(C)c3)CC2)cc1. The minimum atomic E-state index is -0.301. The van der Waals surface area contributed by atoms with Gasteiger partial charge in [-0.05, 0) is 49.7 Å². The third-order valence-electron chi connectivity index (χ3n) is 4.81. The highest BCUT2D eigenvalue weighted by Crippen LogP contribution is 2.13. The molecular formula is C21H23FN2O2. The standard InChI is InChI=1S/C21H23FN2O2/c1-15-3-5-17(6-4-15)21(26)24-11-9-23(10-12-24)14-20(25)18-7-8-19(22)16(2)13-18/h3-8,13H,9-12,14H2,1-2H3. The average Bonchev–Trinajstić information content (AvgIpc) is 2.64. The normalized spacial score (nSPS) is 15.1. The molecule has 3 rings (SSSR count).